The fraction of sp³-hybridized carbons (Fsp3) is 0.278. The number of nitrogens with zero attached hydrogens (tertiary/aromatic N) is 1. The van der Waals surface area contributed by atoms with Gasteiger partial charge in [-0.3, -0.25) is 0 Å². The number of carbonyl (C=O) groups is 1. The first kappa shape index (κ1) is 13.7. The molecule has 0 fully saturated rings. The van der Waals surface area contributed by atoms with Crippen LogP contribution in [0, 0.1) is 0 Å². The van der Waals surface area contributed by atoms with Gasteiger partial charge in [0.15, 0.2) is 0 Å². The summed E-state index contributed by atoms with van der Waals surface area (Å²) in [5.41, 5.74) is 4.41. The molecule has 1 heterocycles. The zero-order valence-electron chi connectivity index (χ0n) is 12.4. The van der Waals surface area contributed by atoms with Gasteiger partial charge in [-0.1, -0.05) is 36.4 Å². The summed E-state index contributed by atoms with van der Waals surface area (Å²) in [6, 6.07) is 16.4. The Balaban J connectivity index is 1.88. The molecule has 1 atom stereocenters. The molecule has 0 saturated heterocycles. The fourth-order valence-corrected chi connectivity index (χ4v) is 3.06. The SMILES string of the molecule is COC(=O)c1ccc2c(c1)N(C)CC2Cc1ccccc1. The number of rotatable bonds is 3. The number of anilines is 1. The van der Waals surface area contributed by atoms with Gasteiger partial charge in [0.1, 0.15) is 0 Å². The van der Waals surface area contributed by atoms with Gasteiger partial charge in [0, 0.05) is 25.2 Å². The van der Waals surface area contributed by atoms with Gasteiger partial charge in [-0.25, -0.2) is 4.79 Å². The van der Waals surface area contributed by atoms with Crippen molar-refractivity contribution in [3.05, 3.63) is 65.2 Å². The Morgan fingerprint density at radius 3 is 2.71 bits per heavy atom. The molecule has 1 aliphatic rings. The van der Waals surface area contributed by atoms with Crippen molar-refractivity contribution in [3.63, 3.8) is 0 Å². The third-order valence-corrected chi connectivity index (χ3v) is 4.12. The van der Waals surface area contributed by atoms with Gasteiger partial charge in [0.2, 0.25) is 0 Å². The summed E-state index contributed by atoms with van der Waals surface area (Å²) in [6.07, 6.45) is 1.02. The second-order valence-electron chi connectivity index (χ2n) is 5.53. The highest BCUT2D eigenvalue weighted by Crippen LogP contribution is 2.37. The Bertz CT molecular complexity index is 652. The summed E-state index contributed by atoms with van der Waals surface area (Å²) >= 11 is 0. The van der Waals surface area contributed by atoms with Crippen LogP contribution in [0.25, 0.3) is 0 Å². The van der Waals surface area contributed by atoms with Crippen molar-refractivity contribution in [1.82, 2.24) is 0 Å². The van der Waals surface area contributed by atoms with Crippen molar-refractivity contribution in [1.29, 1.82) is 0 Å². The first-order valence-electron chi connectivity index (χ1n) is 7.16. The Morgan fingerprint density at radius 2 is 2.00 bits per heavy atom. The van der Waals surface area contributed by atoms with Crippen molar-refractivity contribution in [2.75, 3.05) is 25.6 Å². The number of methoxy groups -OCH3 is 1. The minimum absolute atomic E-state index is 0.280. The molecule has 0 saturated carbocycles. The minimum Gasteiger partial charge on any atom is -0.465 e. The summed E-state index contributed by atoms with van der Waals surface area (Å²) in [5.74, 6) is 0.191. The summed E-state index contributed by atoms with van der Waals surface area (Å²) < 4.78 is 4.80. The molecule has 2 aromatic rings. The van der Waals surface area contributed by atoms with Gasteiger partial charge in [-0.2, -0.15) is 0 Å². The summed E-state index contributed by atoms with van der Waals surface area (Å²) in [7, 11) is 3.49. The molecule has 0 N–H and O–H groups in total. The third-order valence-electron chi connectivity index (χ3n) is 4.12. The van der Waals surface area contributed by atoms with Crippen LogP contribution in [0.5, 0.6) is 0 Å². The number of hydrogen-bond donors (Lipinski definition) is 0. The molecule has 3 rings (SSSR count). The van der Waals surface area contributed by atoms with Crippen LogP contribution < -0.4 is 4.90 Å². The summed E-state index contributed by atoms with van der Waals surface area (Å²) in [5, 5.41) is 0. The number of likely N-dealkylation sites (N-methyl/N-ethyl adjacent to an activating group) is 1. The maximum absolute atomic E-state index is 11.7. The lowest BCUT2D eigenvalue weighted by atomic mass is 9.93. The second kappa shape index (κ2) is 5.60. The lowest BCUT2D eigenvalue weighted by Crippen LogP contribution is -2.16. The van der Waals surface area contributed by atoms with Crippen molar-refractivity contribution >= 4 is 11.7 Å². The maximum atomic E-state index is 11.7. The monoisotopic (exact) mass is 281 g/mol. The fourth-order valence-electron chi connectivity index (χ4n) is 3.06. The third kappa shape index (κ3) is 2.64. The highest BCUT2D eigenvalue weighted by Gasteiger charge is 2.27. The lowest BCUT2D eigenvalue weighted by Gasteiger charge is -2.13. The van der Waals surface area contributed by atoms with E-state index in [2.05, 4.69) is 42.3 Å². The molecule has 0 aliphatic carbocycles. The largest absolute Gasteiger partial charge is 0.465 e. The molecular weight excluding hydrogens is 262 g/mol. The highest BCUT2D eigenvalue weighted by atomic mass is 16.5. The number of ether oxygens (including phenoxy) is 1. The van der Waals surface area contributed by atoms with E-state index in [1.165, 1.54) is 18.2 Å². The highest BCUT2D eigenvalue weighted by molar-refractivity contribution is 5.91. The van der Waals surface area contributed by atoms with Crippen LogP contribution >= 0.6 is 0 Å². The maximum Gasteiger partial charge on any atom is 0.337 e. The number of carbonyl (C=O) groups excluding carboxylic acids is 1. The molecule has 21 heavy (non-hydrogen) atoms. The van der Waals surface area contributed by atoms with Crippen LogP contribution in [-0.4, -0.2) is 26.7 Å². The van der Waals surface area contributed by atoms with Crippen molar-refractivity contribution < 1.29 is 9.53 Å². The van der Waals surface area contributed by atoms with Gasteiger partial charge >= 0.3 is 5.97 Å². The van der Waals surface area contributed by atoms with Crippen molar-refractivity contribution in [2.45, 2.75) is 12.3 Å². The van der Waals surface area contributed by atoms with E-state index in [9.17, 15) is 4.79 Å². The smallest absolute Gasteiger partial charge is 0.337 e. The molecule has 0 radical (unpaired) electrons. The first-order chi connectivity index (χ1) is 10.2. The molecule has 0 amide bonds. The van der Waals surface area contributed by atoms with Crippen LogP contribution in [0.2, 0.25) is 0 Å². The van der Waals surface area contributed by atoms with Crippen LogP contribution in [0.15, 0.2) is 48.5 Å². The predicted molar refractivity (Wildman–Crippen MR) is 83.9 cm³/mol. The summed E-state index contributed by atoms with van der Waals surface area (Å²) in [6.45, 7) is 0.981. The lowest BCUT2D eigenvalue weighted by molar-refractivity contribution is 0.0601. The van der Waals surface area contributed by atoms with E-state index in [0.717, 1.165) is 18.7 Å². The van der Waals surface area contributed by atoms with E-state index >= 15 is 0 Å². The normalized spacial score (nSPS) is 16.7. The molecule has 2 aromatic carbocycles. The predicted octanol–water partition coefficient (Wildman–Crippen LogP) is 3.25. The molecule has 1 aliphatic heterocycles. The zero-order valence-corrected chi connectivity index (χ0v) is 12.4. The molecule has 3 heteroatoms. The molecule has 108 valence electrons. The van der Waals surface area contributed by atoms with E-state index in [1.807, 2.05) is 18.2 Å². The average Bonchev–Trinajstić information content (AvgIpc) is 2.83. The van der Waals surface area contributed by atoms with Gasteiger partial charge in [-0.05, 0) is 29.7 Å². The Kier molecular flexibility index (Phi) is 3.65. The average molecular weight is 281 g/mol. The molecule has 0 aromatic heterocycles. The molecule has 3 nitrogen and oxygen atoms in total. The second-order valence-corrected chi connectivity index (χ2v) is 5.53. The molecule has 0 bridgehead atoms. The van der Waals surface area contributed by atoms with E-state index in [4.69, 9.17) is 4.74 Å². The molecular formula is C18H19NO2. The number of esters is 1. The van der Waals surface area contributed by atoms with E-state index in [-0.39, 0.29) is 5.97 Å². The first-order valence-corrected chi connectivity index (χ1v) is 7.16. The number of fused-ring (bicyclic) bond motifs is 1. The van der Waals surface area contributed by atoms with E-state index < -0.39 is 0 Å². The molecule has 0 spiro atoms. The number of hydrogen-bond acceptors (Lipinski definition) is 3. The van der Waals surface area contributed by atoms with Crippen LogP contribution in [0.3, 0.4) is 0 Å². The number of benzene rings is 2. The minimum atomic E-state index is -0.280. The van der Waals surface area contributed by atoms with Crippen LogP contribution in [-0.2, 0) is 11.2 Å². The van der Waals surface area contributed by atoms with Gasteiger partial charge in [0.05, 0.1) is 12.7 Å². The van der Waals surface area contributed by atoms with Crippen LogP contribution in [0.4, 0.5) is 5.69 Å². The Morgan fingerprint density at radius 1 is 1.24 bits per heavy atom. The zero-order chi connectivity index (χ0) is 14.8. The van der Waals surface area contributed by atoms with Crippen LogP contribution in [0.1, 0.15) is 27.4 Å². The van der Waals surface area contributed by atoms with Gasteiger partial charge < -0.3 is 9.64 Å². The van der Waals surface area contributed by atoms with Crippen molar-refractivity contribution in [3.8, 4) is 0 Å². The molecule has 1 unspecified atom stereocenters. The quantitative estimate of drug-likeness (QED) is 0.809. The van der Waals surface area contributed by atoms with Gasteiger partial charge in [-0.15, -0.1) is 0 Å². The summed E-state index contributed by atoms with van der Waals surface area (Å²) in [4.78, 5) is 13.9. The Labute approximate surface area is 125 Å². The topological polar surface area (TPSA) is 29.5 Å². The van der Waals surface area contributed by atoms with Gasteiger partial charge in [0.25, 0.3) is 0 Å². The van der Waals surface area contributed by atoms with E-state index in [1.54, 1.807) is 0 Å². The standard InChI is InChI=1S/C18H19NO2/c1-19-12-15(10-13-6-4-3-5-7-13)16-9-8-14(11-17(16)19)18(20)21-2/h3-9,11,15H,10,12H2,1-2H3. The van der Waals surface area contributed by atoms with E-state index in [0.29, 0.717) is 11.5 Å². The Hall–Kier alpha value is -2.29. The van der Waals surface area contributed by atoms with Crippen molar-refractivity contribution in [2.24, 2.45) is 0 Å².